The number of aromatic nitrogens is 1. The minimum atomic E-state index is -4.24. The van der Waals surface area contributed by atoms with Crippen LogP contribution in [0.1, 0.15) is 45.7 Å². The molecular weight excluding hydrogens is 371 g/mol. The third kappa shape index (κ3) is 6.28. The van der Waals surface area contributed by atoms with E-state index in [1.165, 1.54) is 0 Å². The number of hydrogen-bond acceptors (Lipinski definition) is 4. The van der Waals surface area contributed by atoms with E-state index in [-0.39, 0.29) is 23.9 Å². The van der Waals surface area contributed by atoms with Crippen LogP contribution < -0.4 is 5.32 Å². The van der Waals surface area contributed by atoms with E-state index in [1.54, 1.807) is 38.4 Å². The fourth-order valence-corrected chi connectivity index (χ4v) is 2.69. The van der Waals surface area contributed by atoms with Gasteiger partial charge < -0.3 is 15.0 Å². The van der Waals surface area contributed by atoms with Crippen LogP contribution in [-0.4, -0.2) is 34.6 Å². The Balaban J connectivity index is 2.10. The maximum Gasteiger partial charge on any atom is 0.392 e. The highest BCUT2D eigenvalue weighted by Crippen LogP contribution is 2.28. The van der Waals surface area contributed by atoms with Crippen LogP contribution in [0.4, 0.5) is 19.0 Å². The van der Waals surface area contributed by atoms with Gasteiger partial charge in [-0.25, -0.2) is 4.98 Å². The van der Waals surface area contributed by atoms with E-state index >= 15 is 0 Å². The van der Waals surface area contributed by atoms with Crippen molar-refractivity contribution >= 4 is 11.7 Å². The molecule has 0 fully saturated rings. The van der Waals surface area contributed by atoms with Gasteiger partial charge in [0.1, 0.15) is 11.6 Å². The van der Waals surface area contributed by atoms with Crippen molar-refractivity contribution in [1.29, 1.82) is 0 Å². The van der Waals surface area contributed by atoms with Gasteiger partial charge >= 0.3 is 6.18 Å². The number of pyridine rings is 1. The molecule has 1 aromatic rings. The SMILES string of the molecule is CC(C)C(=O)Nc1cc(C(C)N2C=C(OCCC(F)(F)F)C=CC2C)ccn1. The monoisotopic (exact) mass is 397 g/mol. The molecule has 0 spiro atoms. The molecule has 28 heavy (non-hydrogen) atoms. The number of hydrogen-bond donors (Lipinski definition) is 1. The van der Waals surface area contributed by atoms with E-state index in [0.29, 0.717) is 11.6 Å². The Morgan fingerprint density at radius 2 is 2.07 bits per heavy atom. The number of amides is 1. The maximum atomic E-state index is 12.3. The van der Waals surface area contributed by atoms with Crippen LogP contribution in [0.2, 0.25) is 0 Å². The van der Waals surface area contributed by atoms with Gasteiger partial charge in [-0.1, -0.05) is 19.9 Å². The van der Waals surface area contributed by atoms with Crippen molar-refractivity contribution in [3.8, 4) is 0 Å². The highest BCUT2D eigenvalue weighted by Gasteiger charge is 2.27. The fourth-order valence-electron chi connectivity index (χ4n) is 2.69. The van der Waals surface area contributed by atoms with Crippen LogP contribution in [0.15, 0.2) is 42.4 Å². The van der Waals surface area contributed by atoms with Gasteiger partial charge in [0.25, 0.3) is 0 Å². The van der Waals surface area contributed by atoms with E-state index in [2.05, 4.69) is 10.3 Å². The zero-order valence-corrected chi connectivity index (χ0v) is 16.5. The number of rotatable bonds is 7. The molecule has 1 amide bonds. The van der Waals surface area contributed by atoms with Crippen LogP contribution in [0.3, 0.4) is 0 Å². The van der Waals surface area contributed by atoms with Crippen molar-refractivity contribution in [2.75, 3.05) is 11.9 Å². The summed E-state index contributed by atoms with van der Waals surface area (Å²) in [5.74, 6) is 0.576. The Labute approximate surface area is 163 Å². The van der Waals surface area contributed by atoms with Gasteiger partial charge in [-0.2, -0.15) is 13.2 Å². The van der Waals surface area contributed by atoms with Crippen molar-refractivity contribution < 1.29 is 22.7 Å². The molecule has 0 aromatic carbocycles. The lowest BCUT2D eigenvalue weighted by Crippen LogP contribution is -2.32. The summed E-state index contributed by atoms with van der Waals surface area (Å²) in [6.45, 7) is 7.14. The number of carbonyl (C=O) groups excluding carboxylic acids is 1. The zero-order valence-electron chi connectivity index (χ0n) is 16.5. The first kappa shape index (κ1) is 21.8. The van der Waals surface area contributed by atoms with E-state index < -0.39 is 19.2 Å². The molecule has 0 saturated carbocycles. The number of halogens is 3. The average Bonchev–Trinajstić information content (AvgIpc) is 2.61. The molecule has 0 bridgehead atoms. The third-order valence-corrected chi connectivity index (χ3v) is 4.43. The summed E-state index contributed by atoms with van der Waals surface area (Å²) in [6, 6.07) is 3.58. The van der Waals surface area contributed by atoms with Crippen molar-refractivity contribution in [3.05, 3.63) is 48.0 Å². The summed E-state index contributed by atoms with van der Waals surface area (Å²) in [4.78, 5) is 18.1. The predicted molar refractivity (Wildman–Crippen MR) is 101 cm³/mol. The second-order valence-electron chi connectivity index (χ2n) is 7.09. The molecule has 2 atom stereocenters. The highest BCUT2D eigenvalue weighted by molar-refractivity contribution is 5.91. The Morgan fingerprint density at radius 3 is 2.71 bits per heavy atom. The van der Waals surface area contributed by atoms with Crippen molar-refractivity contribution in [2.45, 2.75) is 52.4 Å². The Morgan fingerprint density at radius 1 is 1.36 bits per heavy atom. The molecule has 154 valence electrons. The molecule has 2 rings (SSSR count). The molecule has 8 heteroatoms. The number of anilines is 1. The first-order chi connectivity index (χ1) is 13.1. The maximum absolute atomic E-state index is 12.3. The summed E-state index contributed by atoms with van der Waals surface area (Å²) in [5.41, 5.74) is 0.919. The van der Waals surface area contributed by atoms with Gasteiger partial charge in [0.05, 0.1) is 19.1 Å². The Kier molecular flexibility index (Phi) is 7.10. The molecule has 2 heterocycles. The van der Waals surface area contributed by atoms with Crippen molar-refractivity contribution in [1.82, 2.24) is 9.88 Å². The lowest BCUT2D eigenvalue weighted by Gasteiger charge is -2.35. The normalized spacial score (nSPS) is 18.1. The second-order valence-corrected chi connectivity index (χ2v) is 7.09. The summed E-state index contributed by atoms with van der Waals surface area (Å²) in [6.07, 6.45) is 1.67. The molecular formula is C20H26F3N3O2. The largest absolute Gasteiger partial charge is 0.492 e. The third-order valence-electron chi connectivity index (χ3n) is 4.43. The quantitative estimate of drug-likeness (QED) is 0.718. The van der Waals surface area contributed by atoms with E-state index in [0.717, 1.165) is 5.56 Å². The van der Waals surface area contributed by atoms with E-state index in [9.17, 15) is 18.0 Å². The fraction of sp³-hybridized carbons (Fsp3) is 0.500. The number of nitrogens with zero attached hydrogens (tertiary/aromatic N) is 2. The smallest absolute Gasteiger partial charge is 0.392 e. The molecule has 0 radical (unpaired) electrons. The zero-order chi connectivity index (χ0) is 20.9. The van der Waals surface area contributed by atoms with Crippen LogP contribution in [0.25, 0.3) is 0 Å². The highest BCUT2D eigenvalue weighted by atomic mass is 19.4. The molecule has 1 aliphatic rings. The topological polar surface area (TPSA) is 54.5 Å². The summed E-state index contributed by atoms with van der Waals surface area (Å²) >= 11 is 0. The number of ether oxygens (including phenoxy) is 1. The van der Waals surface area contributed by atoms with E-state index in [1.807, 2.05) is 30.9 Å². The van der Waals surface area contributed by atoms with Gasteiger partial charge in [-0.3, -0.25) is 4.79 Å². The Bertz CT molecular complexity index is 744. The van der Waals surface area contributed by atoms with Crippen LogP contribution >= 0.6 is 0 Å². The summed E-state index contributed by atoms with van der Waals surface area (Å²) in [7, 11) is 0. The number of allylic oxidation sites excluding steroid dienone is 1. The molecule has 1 aromatic heterocycles. The standard InChI is InChI=1S/C20H26F3N3O2/c1-13(2)19(27)25-18-11-16(7-9-24-18)15(4)26-12-17(6-5-14(26)3)28-10-8-20(21,22)23/h5-7,9,11-15H,8,10H2,1-4H3,(H,24,25,27). The first-order valence-electron chi connectivity index (χ1n) is 9.20. The first-order valence-corrected chi connectivity index (χ1v) is 9.20. The number of alkyl halides is 3. The Hall–Kier alpha value is -2.51. The lowest BCUT2D eigenvalue weighted by atomic mass is 10.0. The average molecular weight is 397 g/mol. The van der Waals surface area contributed by atoms with Gasteiger partial charge in [0.15, 0.2) is 0 Å². The lowest BCUT2D eigenvalue weighted by molar-refractivity contribution is -0.142. The van der Waals surface area contributed by atoms with Crippen LogP contribution in [-0.2, 0) is 9.53 Å². The number of carbonyl (C=O) groups is 1. The minimum absolute atomic E-state index is 0.0341. The molecule has 1 aliphatic heterocycles. The van der Waals surface area contributed by atoms with Crippen LogP contribution in [0.5, 0.6) is 0 Å². The van der Waals surface area contributed by atoms with Crippen molar-refractivity contribution in [3.63, 3.8) is 0 Å². The summed E-state index contributed by atoms with van der Waals surface area (Å²) < 4.78 is 42.2. The minimum Gasteiger partial charge on any atom is -0.492 e. The molecule has 0 aliphatic carbocycles. The number of nitrogens with one attached hydrogen (secondary N) is 1. The summed E-state index contributed by atoms with van der Waals surface area (Å²) in [5, 5.41) is 2.77. The molecule has 1 N–H and O–H groups in total. The van der Waals surface area contributed by atoms with Gasteiger partial charge in [0, 0.05) is 24.4 Å². The predicted octanol–water partition coefficient (Wildman–Crippen LogP) is 4.81. The van der Waals surface area contributed by atoms with Gasteiger partial charge in [-0.05, 0) is 37.6 Å². The van der Waals surface area contributed by atoms with Crippen molar-refractivity contribution in [2.24, 2.45) is 5.92 Å². The van der Waals surface area contributed by atoms with E-state index in [4.69, 9.17) is 4.74 Å². The molecule has 0 saturated heterocycles. The van der Waals surface area contributed by atoms with Gasteiger partial charge in [0.2, 0.25) is 5.91 Å². The van der Waals surface area contributed by atoms with Crippen LogP contribution in [0, 0.1) is 5.92 Å². The van der Waals surface area contributed by atoms with Gasteiger partial charge in [-0.15, -0.1) is 0 Å². The molecule has 2 unspecified atom stereocenters. The molecule has 5 nitrogen and oxygen atoms in total. The second kappa shape index (κ2) is 9.12.